The monoisotopic (exact) mass is 253 g/mol. The summed E-state index contributed by atoms with van der Waals surface area (Å²) in [4.78, 5) is 0. The van der Waals surface area contributed by atoms with Gasteiger partial charge in [0.2, 0.25) is 0 Å². The minimum atomic E-state index is 0.308. The van der Waals surface area contributed by atoms with Gasteiger partial charge in [-0.05, 0) is 31.7 Å². The highest BCUT2D eigenvalue weighted by atomic mass is 35.5. The molecule has 0 aliphatic heterocycles. The second-order valence-corrected chi connectivity index (χ2v) is 5.07. The molecule has 3 heteroatoms. The van der Waals surface area contributed by atoms with Crippen LogP contribution in [0.2, 0.25) is 5.02 Å². The Bertz CT molecular complexity index is 359. The van der Waals surface area contributed by atoms with Gasteiger partial charge in [0.25, 0.3) is 0 Å². The van der Waals surface area contributed by atoms with E-state index in [0.29, 0.717) is 17.7 Å². The van der Waals surface area contributed by atoms with Crippen LogP contribution in [-0.4, -0.2) is 6.10 Å². The zero-order chi connectivity index (χ0) is 12.1. The average Bonchev–Trinajstić information content (AvgIpc) is 2.60. The number of para-hydroxylation sites is 1. The van der Waals surface area contributed by atoms with Crippen LogP contribution in [0.4, 0.5) is 0 Å². The molecule has 1 fully saturated rings. The summed E-state index contributed by atoms with van der Waals surface area (Å²) in [6.07, 6.45) is 7.74. The maximum absolute atomic E-state index is 6.19. The van der Waals surface area contributed by atoms with Gasteiger partial charge in [-0.25, -0.2) is 0 Å². The Morgan fingerprint density at radius 1 is 1.18 bits per heavy atom. The Kier molecular flexibility index (Phi) is 4.69. The van der Waals surface area contributed by atoms with Crippen molar-refractivity contribution in [1.29, 1.82) is 0 Å². The molecule has 1 aromatic rings. The maximum Gasteiger partial charge on any atom is 0.142 e. The fourth-order valence-corrected chi connectivity index (χ4v) is 2.61. The zero-order valence-electron chi connectivity index (χ0n) is 10.1. The maximum atomic E-state index is 6.19. The number of benzene rings is 1. The van der Waals surface area contributed by atoms with Crippen molar-refractivity contribution < 1.29 is 4.74 Å². The van der Waals surface area contributed by atoms with Gasteiger partial charge in [-0.1, -0.05) is 36.6 Å². The lowest BCUT2D eigenvalue weighted by Gasteiger charge is -2.20. The normalized spacial score (nSPS) is 17.8. The predicted molar refractivity (Wildman–Crippen MR) is 71.5 cm³/mol. The van der Waals surface area contributed by atoms with E-state index in [1.807, 2.05) is 18.2 Å². The summed E-state index contributed by atoms with van der Waals surface area (Å²) in [6.45, 7) is 0.475. The van der Waals surface area contributed by atoms with E-state index in [1.54, 1.807) is 0 Å². The van der Waals surface area contributed by atoms with E-state index >= 15 is 0 Å². The van der Waals surface area contributed by atoms with Crippen molar-refractivity contribution in [1.82, 2.24) is 0 Å². The van der Waals surface area contributed by atoms with Crippen LogP contribution >= 0.6 is 11.6 Å². The first-order valence-corrected chi connectivity index (χ1v) is 6.83. The quantitative estimate of drug-likeness (QED) is 0.830. The van der Waals surface area contributed by atoms with Crippen LogP contribution in [-0.2, 0) is 6.54 Å². The zero-order valence-corrected chi connectivity index (χ0v) is 10.9. The molecule has 0 spiro atoms. The molecule has 0 bridgehead atoms. The van der Waals surface area contributed by atoms with Gasteiger partial charge in [0, 0.05) is 12.1 Å². The molecule has 17 heavy (non-hydrogen) atoms. The second-order valence-electron chi connectivity index (χ2n) is 4.66. The Balaban J connectivity index is 2.11. The van der Waals surface area contributed by atoms with Gasteiger partial charge in [0.15, 0.2) is 0 Å². The van der Waals surface area contributed by atoms with Crippen LogP contribution < -0.4 is 10.5 Å². The topological polar surface area (TPSA) is 35.2 Å². The van der Waals surface area contributed by atoms with E-state index < -0.39 is 0 Å². The van der Waals surface area contributed by atoms with Crippen molar-refractivity contribution in [3.05, 3.63) is 28.8 Å². The molecule has 0 atom stereocenters. The molecule has 1 aliphatic rings. The van der Waals surface area contributed by atoms with Gasteiger partial charge < -0.3 is 10.5 Å². The Labute approximate surface area is 108 Å². The van der Waals surface area contributed by atoms with Crippen molar-refractivity contribution >= 4 is 11.6 Å². The Morgan fingerprint density at radius 2 is 1.88 bits per heavy atom. The number of rotatable bonds is 3. The molecular formula is C14H20ClNO. The molecular weight excluding hydrogens is 234 g/mol. The Morgan fingerprint density at radius 3 is 2.53 bits per heavy atom. The lowest BCUT2D eigenvalue weighted by atomic mass is 10.1. The molecule has 1 aliphatic carbocycles. The van der Waals surface area contributed by atoms with Crippen LogP contribution in [0.15, 0.2) is 18.2 Å². The van der Waals surface area contributed by atoms with E-state index in [0.717, 1.165) is 24.2 Å². The third kappa shape index (κ3) is 3.36. The number of halogens is 1. The van der Waals surface area contributed by atoms with Crippen molar-refractivity contribution in [3.8, 4) is 5.75 Å². The van der Waals surface area contributed by atoms with Crippen molar-refractivity contribution in [3.63, 3.8) is 0 Å². The van der Waals surface area contributed by atoms with Crippen molar-refractivity contribution in [2.45, 2.75) is 51.2 Å². The van der Waals surface area contributed by atoms with Crippen molar-refractivity contribution in [2.75, 3.05) is 0 Å². The SMILES string of the molecule is NCc1cccc(Cl)c1OC1CCCCCC1. The minimum absolute atomic E-state index is 0.308. The summed E-state index contributed by atoms with van der Waals surface area (Å²) < 4.78 is 6.08. The van der Waals surface area contributed by atoms with Gasteiger partial charge in [0.1, 0.15) is 5.75 Å². The van der Waals surface area contributed by atoms with Gasteiger partial charge in [-0.15, -0.1) is 0 Å². The number of ether oxygens (including phenoxy) is 1. The molecule has 0 heterocycles. The molecule has 94 valence electrons. The molecule has 2 rings (SSSR count). The van der Waals surface area contributed by atoms with Crippen LogP contribution in [0.1, 0.15) is 44.1 Å². The van der Waals surface area contributed by atoms with Crippen molar-refractivity contribution in [2.24, 2.45) is 5.73 Å². The molecule has 2 N–H and O–H groups in total. The first kappa shape index (κ1) is 12.7. The van der Waals surface area contributed by atoms with Crippen LogP contribution in [0, 0.1) is 0 Å². The lowest BCUT2D eigenvalue weighted by molar-refractivity contribution is 0.182. The van der Waals surface area contributed by atoms with E-state index in [9.17, 15) is 0 Å². The van der Waals surface area contributed by atoms with E-state index in [4.69, 9.17) is 22.1 Å². The Hall–Kier alpha value is -0.730. The van der Waals surface area contributed by atoms with E-state index in [2.05, 4.69) is 0 Å². The molecule has 0 aromatic heterocycles. The smallest absolute Gasteiger partial charge is 0.142 e. The highest BCUT2D eigenvalue weighted by Crippen LogP contribution is 2.31. The summed E-state index contributed by atoms with van der Waals surface area (Å²) in [6, 6.07) is 5.77. The molecule has 0 saturated heterocycles. The van der Waals surface area contributed by atoms with Crippen LogP contribution in [0.3, 0.4) is 0 Å². The van der Waals surface area contributed by atoms with Gasteiger partial charge >= 0.3 is 0 Å². The van der Waals surface area contributed by atoms with Gasteiger partial charge in [-0.3, -0.25) is 0 Å². The minimum Gasteiger partial charge on any atom is -0.489 e. The molecule has 0 unspecified atom stereocenters. The molecule has 0 amide bonds. The van der Waals surface area contributed by atoms with Crippen LogP contribution in [0.25, 0.3) is 0 Å². The fraction of sp³-hybridized carbons (Fsp3) is 0.571. The van der Waals surface area contributed by atoms with Gasteiger partial charge in [0.05, 0.1) is 11.1 Å². The van der Waals surface area contributed by atoms with E-state index in [1.165, 1.54) is 25.7 Å². The third-order valence-electron chi connectivity index (χ3n) is 3.36. The summed E-state index contributed by atoms with van der Waals surface area (Å²) >= 11 is 6.19. The first-order valence-electron chi connectivity index (χ1n) is 6.45. The highest BCUT2D eigenvalue weighted by molar-refractivity contribution is 6.32. The molecule has 0 radical (unpaired) electrons. The summed E-state index contributed by atoms with van der Waals surface area (Å²) in [5.74, 6) is 0.795. The number of hydrogen-bond acceptors (Lipinski definition) is 2. The summed E-state index contributed by atoms with van der Waals surface area (Å²) in [5, 5.41) is 0.678. The first-order chi connectivity index (χ1) is 8.31. The summed E-state index contributed by atoms with van der Waals surface area (Å²) in [5.41, 5.74) is 6.72. The van der Waals surface area contributed by atoms with Gasteiger partial charge in [-0.2, -0.15) is 0 Å². The fourth-order valence-electron chi connectivity index (χ4n) is 2.37. The molecule has 1 aromatic carbocycles. The standard InChI is InChI=1S/C14H20ClNO/c15-13-9-5-6-11(10-16)14(13)17-12-7-3-1-2-4-8-12/h5-6,9,12H,1-4,7-8,10,16H2. The van der Waals surface area contributed by atoms with Crippen LogP contribution in [0.5, 0.6) is 5.75 Å². The molecule has 1 saturated carbocycles. The summed E-state index contributed by atoms with van der Waals surface area (Å²) in [7, 11) is 0. The molecule has 2 nitrogen and oxygen atoms in total. The predicted octanol–water partition coefficient (Wildman–Crippen LogP) is 3.90. The number of nitrogens with two attached hydrogens (primary N) is 1. The number of hydrogen-bond donors (Lipinski definition) is 1. The van der Waals surface area contributed by atoms with E-state index in [-0.39, 0.29) is 0 Å². The lowest BCUT2D eigenvalue weighted by Crippen LogP contribution is -2.17. The largest absolute Gasteiger partial charge is 0.489 e. The average molecular weight is 254 g/mol. The second kappa shape index (κ2) is 6.27. The highest BCUT2D eigenvalue weighted by Gasteiger charge is 2.16. The third-order valence-corrected chi connectivity index (χ3v) is 3.65.